The Hall–Kier alpha value is -3.07. The molecule has 2 aromatic rings. The highest BCUT2D eigenvalue weighted by atomic mass is 19.1. The molecule has 1 aliphatic heterocycles. The predicted octanol–water partition coefficient (Wildman–Crippen LogP) is 4.32. The molecule has 1 fully saturated rings. The standard InChI is InChI=1S/C20H20FN3O2/c1-13-9-18(15-5-3-4-6-16(15)21)24(12-13)20(25)23-17-10-14(11-22)7-8-19(17)26-2/h3-8,10,13,18H,9,12H2,1-2H3,(H,23,25). The maximum atomic E-state index is 14.2. The second-order valence-electron chi connectivity index (χ2n) is 6.49. The molecule has 2 unspecified atom stereocenters. The lowest BCUT2D eigenvalue weighted by Gasteiger charge is -2.26. The van der Waals surface area contributed by atoms with Gasteiger partial charge in [-0.25, -0.2) is 9.18 Å². The van der Waals surface area contributed by atoms with Gasteiger partial charge in [0.05, 0.1) is 30.5 Å². The summed E-state index contributed by atoms with van der Waals surface area (Å²) >= 11 is 0. The van der Waals surface area contributed by atoms with Gasteiger partial charge in [-0.3, -0.25) is 0 Å². The summed E-state index contributed by atoms with van der Waals surface area (Å²) in [6.07, 6.45) is 0.698. The van der Waals surface area contributed by atoms with E-state index in [4.69, 9.17) is 10.00 Å². The molecule has 2 aromatic carbocycles. The number of nitrogens with one attached hydrogen (secondary N) is 1. The summed E-state index contributed by atoms with van der Waals surface area (Å²) in [5.41, 5.74) is 1.36. The van der Waals surface area contributed by atoms with E-state index in [1.165, 1.54) is 13.2 Å². The first-order valence-corrected chi connectivity index (χ1v) is 8.43. The molecule has 0 aliphatic carbocycles. The van der Waals surface area contributed by atoms with Crippen molar-refractivity contribution in [2.75, 3.05) is 19.0 Å². The molecule has 1 N–H and O–H groups in total. The topological polar surface area (TPSA) is 65.4 Å². The zero-order valence-electron chi connectivity index (χ0n) is 14.7. The van der Waals surface area contributed by atoms with Crippen molar-refractivity contribution in [2.45, 2.75) is 19.4 Å². The number of carbonyl (C=O) groups excluding carboxylic acids is 1. The number of hydrogen-bond acceptors (Lipinski definition) is 3. The highest BCUT2D eigenvalue weighted by Crippen LogP contribution is 2.37. The molecule has 1 heterocycles. The summed E-state index contributed by atoms with van der Waals surface area (Å²) in [5, 5.41) is 11.9. The van der Waals surface area contributed by atoms with E-state index in [0.717, 1.165) is 0 Å². The summed E-state index contributed by atoms with van der Waals surface area (Å²) < 4.78 is 19.5. The van der Waals surface area contributed by atoms with Crippen molar-refractivity contribution >= 4 is 11.7 Å². The van der Waals surface area contributed by atoms with Crippen LogP contribution in [0.3, 0.4) is 0 Å². The minimum Gasteiger partial charge on any atom is -0.495 e. The largest absolute Gasteiger partial charge is 0.495 e. The normalized spacial score (nSPS) is 19.1. The highest BCUT2D eigenvalue weighted by molar-refractivity contribution is 5.91. The SMILES string of the molecule is COc1ccc(C#N)cc1NC(=O)N1CC(C)CC1c1ccccc1F. The second kappa shape index (κ2) is 7.44. The van der Waals surface area contributed by atoms with Crippen LogP contribution in [0.1, 0.15) is 30.5 Å². The summed E-state index contributed by atoms with van der Waals surface area (Å²) in [7, 11) is 1.50. The van der Waals surface area contributed by atoms with Crippen LogP contribution in [-0.4, -0.2) is 24.6 Å². The molecule has 26 heavy (non-hydrogen) atoms. The summed E-state index contributed by atoms with van der Waals surface area (Å²) in [6.45, 7) is 2.57. The van der Waals surface area contributed by atoms with Crippen LogP contribution in [0.5, 0.6) is 5.75 Å². The number of nitrogens with zero attached hydrogens (tertiary/aromatic N) is 2. The molecule has 0 aromatic heterocycles. The Balaban J connectivity index is 1.87. The maximum Gasteiger partial charge on any atom is 0.322 e. The Morgan fingerprint density at radius 2 is 2.12 bits per heavy atom. The Labute approximate surface area is 152 Å². The fourth-order valence-electron chi connectivity index (χ4n) is 3.37. The van der Waals surface area contributed by atoms with Crippen LogP contribution in [0.2, 0.25) is 0 Å². The van der Waals surface area contributed by atoms with E-state index < -0.39 is 0 Å². The number of urea groups is 1. The molecule has 5 nitrogen and oxygen atoms in total. The molecule has 1 aliphatic rings. The van der Waals surface area contributed by atoms with Crippen molar-refractivity contribution in [1.82, 2.24) is 4.90 Å². The van der Waals surface area contributed by atoms with Crippen molar-refractivity contribution in [1.29, 1.82) is 5.26 Å². The van der Waals surface area contributed by atoms with Crippen molar-refractivity contribution < 1.29 is 13.9 Å². The van der Waals surface area contributed by atoms with Crippen molar-refractivity contribution in [3.8, 4) is 11.8 Å². The highest BCUT2D eigenvalue weighted by Gasteiger charge is 2.35. The molecule has 6 heteroatoms. The van der Waals surface area contributed by atoms with Gasteiger partial charge in [-0.1, -0.05) is 25.1 Å². The third-order valence-corrected chi connectivity index (χ3v) is 4.61. The van der Waals surface area contributed by atoms with Crippen LogP contribution >= 0.6 is 0 Å². The Bertz CT molecular complexity index is 862. The number of rotatable bonds is 3. The van der Waals surface area contributed by atoms with E-state index in [1.54, 1.807) is 41.3 Å². The number of ether oxygens (including phenoxy) is 1. The monoisotopic (exact) mass is 353 g/mol. The van der Waals surface area contributed by atoms with Gasteiger partial charge < -0.3 is 15.0 Å². The van der Waals surface area contributed by atoms with Gasteiger partial charge in [-0.2, -0.15) is 5.26 Å². The summed E-state index contributed by atoms with van der Waals surface area (Å²) in [5.74, 6) is 0.415. The first-order valence-electron chi connectivity index (χ1n) is 8.43. The summed E-state index contributed by atoms with van der Waals surface area (Å²) in [4.78, 5) is 14.5. The van der Waals surface area contributed by atoms with Crippen LogP contribution in [0.25, 0.3) is 0 Å². The van der Waals surface area contributed by atoms with E-state index in [2.05, 4.69) is 5.32 Å². The number of benzene rings is 2. The Morgan fingerprint density at radius 3 is 2.81 bits per heavy atom. The second-order valence-corrected chi connectivity index (χ2v) is 6.49. The first kappa shape index (κ1) is 17.7. The number of nitriles is 1. The quantitative estimate of drug-likeness (QED) is 0.894. The molecule has 2 amide bonds. The zero-order valence-corrected chi connectivity index (χ0v) is 14.7. The molecule has 134 valence electrons. The predicted molar refractivity (Wildman–Crippen MR) is 96.4 cm³/mol. The van der Waals surface area contributed by atoms with E-state index >= 15 is 0 Å². The molecule has 1 saturated heterocycles. The molecule has 0 saturated carbocycles. The number of methoxy groups -OCH3 is 1. The zero-order chi connectivity index (χ0) is 18.7. The number of carbonyl (C=O) groups is 1. The first-order chi connectivity index (χ1) is 12.5. The molecule has 0 bridgehead atoms. The number of hydrogen-bond donors (Lipinski definition) is 1. The molecular weight excluding hydrogens is 333 g/mol. The van der Waals surface area contributed by atoms with Crippen molar-refractivity contribution in [3.63, 3.8) is 0 Å². The molecule has 3 rings (SSSR count). The smallest absolute Gasteiger partial charge is 0.322 e. The van der Waals surface area contributed by atoms with Gasteiger partial charge in [0.15, 0.2) is 0 Å². The lowest BCUT2D eigenvalue weighted by molar-refractivity contribution is 0.205. The molecule has 0 radical (unpaired) electrons. The number of likely N-dealkylation sites (tertiary alicyclic amines) is 1. The van der Waals surface area contributed by atoms with E-state index in [-0.39, 0.29) is 23.8 Å². The third kappa shape index (κ3) is 3.47. The van der Waals surface area contributed by atoms with Gasteiger partial charge in [0.1, 0.15) is 11.6 Å². The molecule has 2 atom stereocenters. The third-order valence-electron chi connectivity index (χ3n) is 4.61. The van der Waals surface area contributed by atoms with E-state index in [9.17, 15) is 9.18 Å². The number of amides is 2. The Kier molecular flexibility index (Phi) is 5.08. The van der Waals surface area contributed by atoms with Crippen molar-refractivity contribution in [3.05, 3.63) is 59.4 Å². The molecule has 0 spiro atoms. The van der Waals surface area contributed by atoms with Gasteiger partial charge in [-0.15, -0.1) is 0 Å². The van der Waals surface area contributed by atoms with E-state index in [0.29, 0.717) is 35.5 Å². The lowest BCUT2D eigenvalue weighted by Crippen LogP contribution is -2.35. The average Bonchev–Trinajstić information content (AvgIpc) is 3.03. The van der Waals surface area contributed by atoms with Crippen LogP contribution in [0.4, 0.5) is 14.9 Å². The van der Waals surface area contributed by atoms with Gasteiger partial charge in [-0.05, 0) is 36.6 Å². The van der Waals surface area contributed by atoms with Gasteiger partial charge in [0.2, 0.25) is 0 Å². The number of anilines is 1. The van der Waals surface area contributed by atoms with Crippen LogP contribution in [0.15, 0.2) is 42.5 Å². The molecular formula is C20H20FN3O2. The minimum absolute atomic E-state index is 0.262. The summed E-state index contributed by atoms with van der Waals surface area (Å²) in [6, 6.07) is 12.7. The number of halogens is 1. The van der Waals surface area contributed by atoms with Gasteiger partial charge >= 0.3 is 6.03 Å². The van der Waals surface area contributed by atoms with Crippen LogP contribution in [-0.2, 0) is 0 Å². The average molecular weight is 353 g/mol. The minimum atomic E-state index is -0.337. The lowest BCUT2D eigenvalue weighted by atomic mass is 10.0. The fourth-order valence-corrected chi connectivity index (χ4v) is 3.37. The van der Waals surface area contributed by atoms with Crippen LogP contribution < -0.4 is 10.1 Å². The van der Waals surface area contributed by atoms with Crippen LogP contribution in [0, 0.1) is 23.1 Å². The Morgan fingerprint density at radius 1 is 1.35 bits per heavy atom. The fraction of sp³-hybridized carbons (Fsp3) is 0.300. The maximum absolute atomic E-state index is 14.2. The van der Waals surface area contributed by atoms with Gasteiger partial charge in [0.25, 0.3) is 0 Å². The van der Waals surface area contributed by atoms with E-state index in [1.807, 2.05) is 13.0 Å². The van der Waals surface area contributed by atoms with Crippen molar-refractivity contribution in [2.24, 2.45) is 5.92 Å². The van der Waals surface area contributed by atoms with Gasteiger partial charge in [0, 0.05) is 12.1 Å².